The molecule has 0 amide bonds. The number of hydrogen-bond acceptors (Lipinski definition) is 5. The van der Waals surface area contributed by atoms with Gasteiger partial charge in [0, 0.05) is 49.1 Å². The summed E-state index contributed by atoms with van der Waals surface area (Å²) in [6, 6.07) is 7.03. The van der Waals surface area contributed by atoms with E-state index in [-0.39, 0.29) is 33.7 Å². The molecule has 142 valence electrons. The van der Waals surface area contributed by atoms with Crippen LogP contribution in [0.2, 0.25) is 0 Å². The van der Waals surface area contributed by atoms with Crippen molar-refractivity contribution in [3.63, 3.8) is 0 Å². The average molecular weight is 359 g/mol. The first-order valence-corrected chi connectivity index (χ1v) is 9.85. The Bertz CT molecular complexity index is 648. The van der Waals surface area contributed by atoms with Crippen molar-refractivity contribution in [2.45, 2.75) is 51.8 Å². The summed E-state index contributed by atoms with van der Waals surface area (Å²) in [5.41, 5.74) is 1.21. The van der Waals surface area contributed by atoms with Gasteiger partial charge in [0.15, 0.2) is 0 Å². The van der Waals surface area contributed by atoms with Crippen molar-refractivity contribution < 1.29 is 10.0 Å². The van der Waals surface area contributed by atoms with Gasteiger partial charge in [0.05, 0.1) is 17.2 Å². The number of aliphatic hydroxyl groups is 1. The van der Waals surface area contributed by atoms with Crippen molar-refractivity contribution in [3.8, 4) is 0 Å². The molecule has 0 radical (unpaired) electrons. The van der Waals surface area contributed by atoms with Crippen LogP contribution in [-0.2, 0) is 0 Å². The second-order valence-electron chi connectivity index (χ2n) is 8.66. The van der Waals surface area contributed by atoms with Crippen molar-refractivity contribution >= 4 is 5.69 Å². The number of hydrogen-bond donors (Lipinski definition) is 1. The lowest BCUT2D eigenvalue weighted by Gasteiger charge is -2.70. The number of piperidine rings is 2. The highest BCUT2D eigenvalue weighted by atomic mass is 16.6. The first-order chi connectivity index (χ1) is 12.4. The fourth-order valence-corrected chi connectivity index (χ4v) is 6.18. The van der Waals surface area contributed by atoms with Gasteiger partial charge in [-0.3, -0.25) is 19.9 Å². The van der Waals surface area contributed by atoms with E-state index in [1.165, 1.54) is 0 Å². The highest BCUT2D eigenvalue weighted by molar-refractivity contribution is 5.35. The minimum atomic E-state index is -0.343. The van der Waals surface area contributed by atoms with Gasteiger partial charge in [-0.25, -0.2) is 0 Å². The molecule has 5 rings (SSSR count). The maximum absolute atomic E-state index is 11.3. The van der Waals surface area contributed by atoms with Gasteiger partial charge in [-0.15, -0.1) is 0 Å². The third kappa shape index (κ3) is 2.50. The molecule has 0 unspecified atom stereocenters. The van der Waals surface area contributed by atoms with Crippen LogP contribution in [0.5, 0.6) is 0 Å². The molecule has 0 aliphatic carbocycles. The molecule has 1 aromatic carbocycles. The molecule has 4 heterocycles. The van der Waals surface area contributed by atoms with E-state index in [1.54, 1.807) is 12.1 Å². The molecule has 26 heavy (non-hydrogen) atoms. The van der Waals surface area contributed by atoms with Crippen LogP contribution in [0, 0.1) is 20.9 Å². The van der Waals surface area contributed by atoms with Crippen molar-refractivity contribution in [2.75, 3.05) is 26.2 Å². The van der Waals surface area contributed by atoms with Crippen LogP contribution in [0.15, 0.2) is 24.3 Å². The summed E-state index contributed by atoms with van der Waals surface area (Å²) < 4.78 is 0. The van der Waals surface area contributed by atoms with E-state index in [0.29, 0.717) is 0 Å². The van der Waals surface area contributed by atoms with E-state index in [0.717, 1.165) is 57.4 Å². The number of nitro benzene ring substituents is 1. The zero-order valence-electron chi connectivity index (χ0n) is 15.7. The van der Waals surface area contributed by atoms with E-state index in [4.69, 9.17) is 0 Å². The molecule has 4 aliphatic heterocycles. The van der Waals surface area contributed by atoms with E-state index in [2.05, 4.69) is 23.6 Å². The Morgan fingerprint density at radius 1 is 1.04 bits per heavy atom. The van der Waals surface area contributed by atoms with Crippen LogP contribution >= 0.6 is 0 Å². The largest absolute Gasteiger partial charge is 0.392 e. The third-order valence-electron chi connectivity index (χ3n) is 6.82. The summed E-state index contributed by atoms with van der Waals surface area (Å²) in [5.74, 6) is 0. The number of non-ortho nitro benzene ring substituents is 1. The number of rotatable bonds is 6. The molecule has 0 atom stereocenters. The van der Waals surface area contributed by atoms with E-state index in [9.17, 15) is 15.2 Å². The standard InChI is InChI=1S/C20H29N3O3/c1-3-9-19-11-21-13-20(10-4-2,18(19)24)14-22(12-19)17(21)15-5-7-16(8-6-15)23(25)26/h5-8,17-18,24H,3-4,9-14H2,1-2H3. The molecule has 4 aliphatic rings. The molecular weight excluding hydrogens is 330 g/mol. The summed E-state index contributed by atoms with van der Waals surface area (Å²) in [6.07, 6.45) is 4.24. The lowest BCUT2D eigenvalue weighted by molar-refractivity contribution is -0.384. The summed E-state index contributed by atoms with van der Waals surface area (Å²) in [4.78, 5) is 15.7. The third-order valence-corrected chi connectivity index (χ3v) is 6.82. The van der Waals surface area contributed by atoms with Crippen molar-refractivity contribution in [3.05, 3.63) is 39.9 Å². The van der Waals surface area contributed by atoms with Gasteiger partial charge in [0.2, 0.25) is 0 Å². The van der Waals surface area contributed by atoms with Crippen LogP contribution in [-0.4, -0.2) is 52.1 Å². The van der Waals surface area contributed by atoms with Crippen molar-refractivity contribution in [1.82, 2.24) is 9.80 Å². The van der Waals surface area contributed by atoms with Crippen LogP contribution in [0.3, 0.4) is 0 Å². The Morgan fingerprint density at radius 3 is 1.88 bits per heavy atom. The molecule has 1 aromatic rings. The molecule has 6 heteroatoms. The Kier molecular flexibility index (Phi) is 4.33. The first kappa shape index (κ1) is 17.9. The molecule has 4 fully saturated rings. The topological polar surface area (TPSA) is 69.9 Å². The van der Waals surface area contributed by atoms with Crippen LogP contribution < -0.4 is 0 Å². The highest BCUT2D eigenvalue weighted by Gasteiger charge is 2.64. The number of aliphatic hydroxyl groups excluding tert-OH is 1. The summed E-state index contributed by atoms with van der Waals surface area (Å²) in [7, 11) is 0. The lowest BCUT2D eigenvalue weighted by Crippen LogP contribution is -2.78. The van der Waals surface area contributed by atoms with Crippen molar-refractivity contribution in [1.29, 1.82) is 0 Å². The summed E-state index contributed by atoms with van der Waals surface area (Å²) >= 11 is 0. The Labute approximate surface area is 154 Å². The SMILES string of the molecule is CCCC12CN3CC(CCC)(CN(C1)C3c1ccc([N+](=O)[O-])cc1)C2O. The predicted octanol–water partition coefficient (Wildman–Crippen LogP) is 3.17. The second-order valence-corrected chi connectivity index (χ2v) is 8.66. The minimum Gasteiger partial charge on any atom is -0.392 e. The molecule has 0 saturated carbocycles. The fraction of sp³-hybridized carbons (Fsp3) is 0.700. The molecular formula is C20H29N3O3. The number of nitrogens with zero attached hydrogens (tertiary/aromatic N) is 3. The Balaban J connectivity index is 1.67. The molecule has 6 nitrogen and oxygen atoms in total. The Morgan fingerprint density at radius 2 is 1.50 bits per heavy atom. The van der Waals surface area contributed by atoms with Crippen LogP contribution in [0.1, 0.15) is 51.3 Å². The van der Waals surface area contributed by atoms with Crippen LogP contribution in [0.4, 0.5) is 5.69 Å². The smallest absolute Gasteiger partial charge is 0.269 e. The maximum atomic E-state index is 11.3. The van der Waals surface area contributed by atoms with Crippen molar-refractivity contribution in [2.24, 2.45) is 10.8 Å². The van der Waals surface area contributed by atoms with Crippen LogP contribution in [0.25, 0.3) is 0 Å². The second kappa shape index (κ2) is 6.29. The zero-order chi connectivity index (χ0) is 18.5. The highest BCUT2D eigenvalue weighted by Crippen LogP contribution is 2.57. The van der Waals surface area contributed by atoms with Gasteiger partial charge in [-0.2, -0.15) is 0 Å². The van der Waals surface area contributed by atoms with Gasteiger partial charge in [-0.1, -0.05) is 26.7 Å². The summed E-state index contributed by atoms with van der Waals surface area (Å²) in [5, 5.41) is 22.3. The number of benzene rings is 1. The molecule has 0 spiro atoms. The average Bonchev–Trinajstić information content (AvgIpc) is 2.59. The lowest BCUT2D eigenvalue weighted by atomic mass is 9.56. The van der Waals surface area contributed by atoms with Gasteiger partial charge in [0.1, 0.15) is 0 Å². The normalized spacial score (nSPS) is 40.7. The Hall–Kier alpha value is -1.50. The predicted molar refractivity (Wildman–Crippen MR) is 99.7 cm³/mol. The molecule has 4 bridgehead atoms. The van der Waals surface area contributed by atoms with Gasteiger partial charge in [-0.05, 0) is 30.5 Å². The molecule has 1 N–H and O–H groups in total. The monoisotopic (exact) mass is 359 g/mol. The van der Waals surface area contributed by atoms with E-state index >= 15 is 0 Å². The molecule has 4 saturated heterocycles. The first-order valence-electron chi connectivity index (χ1n) is 9.85. The zero-order valence-corrected chi connectivity index (χ0v) is 15.7. The fourth-order valence-electron chi connectivity index (χ4n) is 6.18. The minimum absolute atomic E-state index is 0.0301. The van der Waals surface area contributed by atoms with Gasteiger partial charge < -0.3 is 5.11 Å². The quantitative estimate of drug-likeness (QED) is 0.624. The number of nitro groups is 1. The van der Waals surface area contributed by atoms with E-state index in [1.807, 2.05) is 12.1 Å². The van der Waals surface area contributed by atoms with Gasteiger partial charge >= 0.3 is 0 Å². The van der Waals surface area contributed by atoms with Gasteiger partial charge in [0.25, 0.3) is 5.69 Å². The maximum Gasteiger partial charge on any atom is 0.269 e. The van der Waals surface area contributed by atoms with E-state index < -0.39 is 0 Å². The molecule has 0 aromatic heterocycles. The summed E-state index contributed by atoms with van der Waals surface area (Å²) in [6.45, 7) is 8.10.